The predicted molar refractivity (Wildman–Crippen MR) is 95.9 cm³/mol. The number of rotatable bonds is 6. The van der Waals surface area contributed by atoms with E-state index < -0.39 is 0 Å². The molecule has 0 aliphatic heterocycles. The summed E-state index contributed by atoms with van der Waals surface area (Å²) >= 11 is 0. The predicted octanol–water partition coefficient (Wildman–Crippen LogP) is 2.23. The number of aryl methyl sites for hydroxylation is 1. The third kappa shape index (κ3) is 5.20. The van der Waals surface area contributed by atoms with Gasteiger partial charge in [-0.25, -0.2) is 4.68 Å². The second kappa shape index (κ2) is 8.14. The van der Waals surface area contributed by atoms with E-state index in [1.807, 2.05) is 19.9 Å². The number of nitrogens with zero attached hydrogens (tertiary/aromatic N) is 2. The molecule has 2 rings (SSSR count). The molecule has 0 saturated carbocycles. The summed E-state index contributed by atoms with van der Waals surface area (Å²) in [5.41, 5.74) is 0.542. The molecule has 1 heterocycles. The number of nitrogens with one attached hydrogen (secondary N) is 1. The molecule has 25 heavy (non-hydrogen) atoms. The normalized spacial score (nSPS) is 10.9. The molecule has 0 atom stereocenters. The summed E-state index contributed by atoms with van der Waals surface area (Å²) in [7, 11) is 3.08. The van der Waals surface area contributed by atoms with Crippen LogP contribution in [0.15, 0.2) is 41.2 Å². The van der Waals surface area contributed by atoms with Crippen LogP contribution in [0.3, 0.4) is 0 Å². The van der Waals surface area contributed by atoms with E-state index in [1.54, 1.807) is 25.3 Å². The van der Waals surface area contributed by atoms with E-state index in [9.17, 15) is 9.59 Å². The van der Waals surface area contributed by atoms with Crippen molar-refractivity contribution in [2.75, 3.05) is 12.4 Å². The Hall–Kier alpha value is -3.09. The minimum Gasteiger partial charge on any atom is -0.493 e. The molecule has 132 valence electrons. The van der Waals surface area contributed by atoms with Crippen LogP contribution in [0.1, 0.15) is 19.4 Å². The number of hydrogen-bond acceptors (Lipinski definition) is 5. The highest BCUT2D eigenvalue weighted by Gasteiger charge is 2.07. The highest BCUT2D eigenvalue weighted by atomic mass is 16.5. The third-order valence-corrected chi connectivity index (χ3v) is 3.19. The van der Waals surface area contributed by atoms with E-state index >= 15 is 0 Å². The van der Waals surface area contributed by atoms with E-state index in [1.165, 1.54) is 25.3 Å². The second-order valence-corrected chi connectivity index (χ2v) is 5.58. The highest BCUT2D eigenvalue weighted by molar-refractivity contribution is 6.01. The Balaban J connectivity index is 2.08. The van der Waals surface area contributed by atoms with Crippen LogP contribution >= 0.6 is 0 Å². The second-order valence-electron chi connectivity index (χ2n) is 5.58. The molecular weight excluding hydrogens is 322 g/mol. The summed E-state index contributed by atoms with van der Waals surface area (Å²) < 4.78 is 12.1. The van der Waals surface area contributed by atoms with Gasteiger partial charge in [0.15, 0.2) is 17.3 Å². The number of carbonyl (C=O) groups excluding carboxylic acids is 1. The van der Waals surface area contributed by atoms with Gasteiger partial charge in [0.2, 0.25) is 5.91 Å². The number of amides is 1. The minimum absolute atomic E-state index is 0.0374. The Morgan fingerprint density at radius 1 is 1.24 bits per heavy atom. The number of hydrogen-bond donors (Lipinski definition) is 1. The van der Waals surface area contributed by atoms with E-state index in [4.69, 9.17) is 9.47 Å². The number of ether oxygens (including phenoxy) is 2. The SMILES string of the molecule is COc1cc(/C=C/C(=O)Nc2ccc(=O)n(C)n2)ccc1OC(C)C. The number of benzene rings is 1. The Morgan fingerprint density at radius 3 is 2.64 bits per heavy atom. The fourth-order valence-electron chi connectivity index (χ4n) is 2.05. The minimum atomic E-state index is -0.354. The van der Waals surface area contributed by atoms with Crippen molar-refractivity contribution in [3.63, 3.8) is 0 Å². The summed E-state index contributed by atoms with van der Waals surface area (Å²) in [6, 6.07) is 8.20. The van der Waals surface area contributed by atoms with E-state index in [0.717, 1.165) is 10.2 Å². The van der Waals surface area contributed by atoms with E-state index in [2.05, 4.69) is 10.4 Å². The smallest absolute Gasteiger partial charge is 0.266 e. The Morgan fingerprint density at radius 2 is 2.00 bits per heavy atom. The molecular formula is C18H21N3O4. The first-order valence-electron chi connectivity index (χ1n) is 7.77. The monoisotopic (exact) mass is 343 g/mol. The lowest BCUT2D eigenvalue weighted by atomic mass is 10.2. The third-order valence-electron chi connectivity index (χ3n) is 3.19. The molecule has 1 N–H and O–H groups in total. The number of anilines is 1. The summed E-state index contributed by atoms with van der Waals surface area (Å²) in [5.74, 6) is 1.19. The number of carbonyl (C=O) groups is 1. The Labute approximate surface area is 145 Å². The largest absolute Gasteiger partial charge is 0.493 e. The fraction of sp³-hybridized carbons (Fsp3) is 0.278. The highest BCUT2D eigenvalue weighted by Crippen LogP contribution is 2.29. The lowest BCUT2D eigenvalue weighted by molar-refractivity contribution is -0.111. The van der Waals surface area contributed by atoms with Crippen molar-refractivity contribution in [1.29, 1.82) is 0 Å². The summed E-state index contributed by atoms with van der Waals surface area (Å²) in [6.45, 7) is 3.87. The number of methoxy groups -OCH3 is 1. The van der Waals surface area contributed by atoms with Crippen LogP contribution < -0.4 is 20.3 Å². The zero-order valence-corrected chi connectivity index (χ0v) is 14.6. The lowest BCUT2D eigenvalue weighted by Gasteiger charge is -2.13. The average molecular weight is 343 g/mol. The van der Waals surface area contributed by atoms with Gasteiger partial charge in [0.05, 0.1) is 13.2 Å². The van der Waals surface area contributed by atoms with Crippen LogP contribution in [-0.4, -0.2) is 28.9 Å². The molecule has 2 aromatic rings. The standard InChI is InChI=1S/C18H21N3O4/c1-12(2)25-14-7-5-13(11-15(14)24-4)6-9-17(22)19-16-8-10-18(23)21(3)20-16/h5-12H,1-4H3,(H,19,20,22)/b9-6+. The zero-order valence-electron chi connectivity index (χ0n) is 14.6. The van der Waals surface area contributed by atoms with Crippen molar-refractivity contribution in [3.8, 4) is 11.5 Å². The maximum Gasteiger partial charge on any atom is 0.266 e. The van der Waals surface area contributed by atoms with Crippen LogP contribution in [0.5, 0.6) is 11.5 Å². The van der Waals surface area contributed by atoms with Crippen molar-refractivity contribution in [3.05, 3.63) is 52.3 Å². The topological polar surface area (TPSA) is 82.5 Å². The summed E-state index contributed by atoms with van der Waals surface area (Å²) in [6.07, 6.45) is 3.07. The van der Waals surface area contributed by atoms with Gasteiger partial charge in [-0.05, 0) is 43.7 Å². The van der Waals surface area contributed by atoms with Gasteiger partial charge in [0, 0.05) is 19.2 Å². The molecule has 0 spiro atoms. The fourth-order valence-corrected chi connectivity index (χ4v) is 2.05. The average Bonchev–Trinajstić information content (AvgIpc) is 2.57. The molecule has 0 aliphatic rings. The molecule has 0 aliphatic carbocycles. The molecule has 1 aromatic heterocycles. The first-order chi connectivity index (χ1) is 11.9. The molecule has 1 aromatic carbocycles. The maximum atomic E-state index is 12.0. The summed E-state index contributed by atoms with van der Waals surface area (Å²) in [5, 5.41) is 6.53. The van der Waals surface area contributed by atoms with Crippen LogP contribution in [-0.2, 0) is 11.8 Å². The quantitative estimate of drug-likeness (QED) is 0.813. The molecule has 0 radical (unpaired) electrons. The van der Waals surface area contributed by atoms with Gasteiger partial charge in [0.25, 0.3) is 5.56 Å². The van der Waals surface area contributed by atoms with Gasteiger partial charge in [-0.15, -0.1) is 0 Å². The zero-order chi connectivity index (χ0) is 18.4. The number of aromatic nitrogens is 2. The van der Waals surface area contributed by atoms with Crippen LogP contribution in [0.25, 0.3) is 6.08 Å². The molecule has 0 bridgehead atoms. The van der Waals surface area contributed by atoms with Gasteiger partial charge in [-0.1, -0.05) is 6.07 Å². The van der Waals surface area contributed by atoms with Crippen LogP contribution in [0, 0.1) is 0 Å². The van der Waals surface area contributed by atoms with Crippen molar-refractivity contribution in [2.45, 2.75) is 20.0 Å². The van der Waals surface area contributed by atoms with Crippen molar-refractivity contribution in [2.24, 2.45) is 7.05 Å². The van der Waals surface area contributed by atoms with Gasteiger partial charge in [0.1, 0.15) is 0 Å². The first-order valence-corrected chi connectivity index (χ1v) is 7.77. The lowest BCUT2D eigenvalue weighted by Crippen LogP contribution is -2.20. The van der Waals surface area contributed by atoms with E-state index in [-0.39, 0.29) is 17.6 Å². The molecule has 0 saturated heterocycles. The molecule has 0 fully saturated rings. The maximum absolute atomic E-state index is 12.0. The van der Waals surface area contributed by atoms with Crippen molar-refractivity contribution in [1.82, 2.24) is 9.78 Å². The van der Waals surface area contributed by atoms with Gasteiger partial charge < -0.3 is 14.8 Å². The van der Waals surface area contributed by atoms with Gasteiger partial charge in [-0.2, -0.15) is 5.10 Å². The Bertz CT molecular complexity index is 840. The van der Waals surface area contributed by atoms with E-state index in [0.29, 0.717) is 17.3 Å². The van der Waals surface area contributed by atoms with Crippen molar-refractivity contribution < 1.29 is 14.3 Å². The molecule has 1 amide bonds. The van der Waals surface area contributed by atoms with Gasteiger partial charge >= 0.3 is 0 Å². The molecule has 7 heteroatoms. The van der Waals surface area contributed by atoms with Crippen LogP contribution in [0.2, 0.25) is 0 Å². The van der Waals surface area contributed by atoms with Gasteiger partial charge in [-0.3, -0.25) is 9.59 Å². The molecule has 0 unspecified atom stereocenters. The Kier molecular flexibility index (Phi) is 5.94. The van der Waals surface area contributed by atoms with Crippen molar-refractivity contribution >= 4 is 17.8 Å². The molecule has 7 nitrogen and oxygen atoms in total. The van der Waals surface area contributed by atoms with Crippen LogP contribution in [0.4, 0.5) is 5.82 Å². The first kappa shape index (κ1) is 18.3. The summed E-state index contributed by atoms with van der Waals surface area (Å²) in [4.78, 5) is 23.2.